The largest absolute Gasteiger partial charge is 0.320 e. The fourth-order valence-electron chi connectivity index (χ4n) is 1.44. The van der Waals surface area contributed by atoms with E-state index in [9.17, 15) is 4.39 Å². The third-order valence-corrected chi connectivity index (χ3v) is 3.13. The van der Waals surface area contributed by atoms with Crippen molar-refractivity contribution >= 4 is 11.3 Å². The Kier molecular flexibility index (Phi) is 2.79. The van der Waals surface area contributed by atoms with Crippen LogP contribution in [0.2, 0.25) is 0 Å². The molecule has 0 amide bonds. The molecular weight excluding hydrogens is 211 g/mol. The second-order valence-corrected chi connectivity index (χ2v) is 4.48. The van der Waals surface area contributed by atoms with Crippen molar-refractivity contribution in [2.24, 2.45) is 5.73 Å². The molecule has 0 fully saturated rings. The van der Waals surface area contributed by atoms with Gasteiger partial charge in [0.2, 0.25) is 0 Å². The summed E-state index contributed by atoms with van der Waals surface area (Å²) < 4.78 is 13.4. The van der Waals surface area contributed by atoms with E-state index >= 15 is 0 Å². The van der Waals surface area contributed by atoms with E-state index in [1.165, 1.54) is 11.1 Å². The van der Waals surface area contributed by atoms with Gasteiger partial charge in [-0.05, 0) is 30.0 Å². The van der Waals surface area contributed by atoms with Crippen LogP contribution in [0.25, 0.3) is 0 Å². The molecule has 0 radical (unpaired) electrons. The summed E-state index contributed by atoms with van der Waals surface area (Å²) in [6.07, 6.45) is 2.74. The molecule has 2 heterocycles. The van der Waals surface area contributed by atoms with E-state index in [4.69, 9.17) is 5.73 Å². The smallest absolute Gasteiger partial charge is 0.146 e. The van der Waals surface area contributed by atoms with Crippen LogP contribution in [0.3, 0.4) is 0 Å². The van der Waals surface area contributed by atoms with Crippen molar-refractivity contribution in [2.45, 2.75) is 13.0 Å². The molecule has 0 bridgehead atoms. The quantitative estimate of drug-likeness (QED) is 0.848. The molecule has 0 saturated heterocycles. The van der Waals surface area contributed by atoms with Gasteiger partial charge in [-0.1, -0.05) is 0 Å². The standard InChI is InChI=1S/C11H11FN2S/c1-7-4-8(6-15-7)11(13)9-2-3-14-5-10(9)12/h2-6,11H,13H2,1H3. The molecular formula is C11H11FN2S. The average Bonchev–Trinajstić information content (AvgIpc) is 2.65. The van der Waals surface area contributed by atoms with Crippen molar-refractivity contribution in [1.82, 2.24) is 4.98 Å². The van der Waals surface area contributed by atoms with Gasteiger partial charge in [0, 0.05) is 16.6 Å². The van der Waals surface area contributed by atoms with Crippen LogP contribution >= 0.6 is 11.3 Å². The first-order chi connectivity index (χ1) is 7.18. The molecule has 15 heavy (non-hydrogen) atoms. The first-order valence-corrected chi connectivity index (χ1v) is 5.46. The summed E-state index contributed by atoms with van der Waals surface area (Å²) in [5.41, 5.74) is 7.40. The van der Waals surface area contributed by atoms with Gasteiger partial charge in [0.1, 0.15) is 5.82 Å². The van der Waals surface area contributed by atoms with Gasteiger partial charge in [-0.3, -0.25) is 4.98 Å². The Morgan fingerprint density at radius 1 is 1.53 bits per heavy atom. The molecule has 2 aromatic heterocycles. The molecule has 0 aliphatic rings. The fraction of sp³-hybridized carbons (Fsp3) is 0.182. The summed E-state index contributed by atoms with van der Waals surface area (Å²) >= 11 is 1.62. The second kappa shape index (κ2) is 4.08. The normalized spacial score (nSPS) is 12.7. The summed E-state index contributed by atoms with van der Waals surface area (Å²) in [4.78, 5) is 4.87. The third-order valence-electron chi connectivity index (χ3n) is 2.25. The van der Waals surface area contributed by atoms with Gasteiger partial charge in [-0.2, -0.15) is 0 Å². The summed E-state index contributed by atoms with van der Waals surface area (Å²) in [6, 6.07) is 3.19. The van der Waals surface area contributed by atoms with E-state index in [2.05, 4.69) is 4.98 Å². The number of hydrogen-bond donors (Lipinski definition) is 1. The predicted octanol–water partition coefficient (Wildman–Crippen LogP) is 2.64. The molecule has 1 atom stereocenters. The van der Waals surface area contributed by atoms with Crippen molar-refractivity contribution in [3.8, 4) is 0 Å². The summed E-state index contributed by atoms with van der Waals surface area (Å²) in [6.45, 7) is 2.00. The van der Waals surface area contributed by atoms with Crippen molar-refractivity contribution in [1.29, 1.82) is 0 Å². The molecule has 0 aliphatic carbocycles. The number of aromatic nitrogens is 1. The van der Waals surface area contributed by atoms with Gasteiger partial charge < -0.3 is 5.73 Å². The van der Waals surface area contributed by atoms with Gasteiger partial charge in [-0.15, -0.1) is 11.3 Å². The maximum atomic E-state index is 13.4. The molecule has 4 heteroatoms. The Labute approximate surface area is 91.6 Å². The molecule has 0 saturated carbocycles. The molecule has 2 nitrogen and oxygen atoms in total. The van der Waals surface area contributed by atoms with Gasteiger partial charge in [0.15, 0.2) is 0 Å². The minimum Gasteiger partial charge on any atom is -0.320 e. The van der Waals surface area contributed by atoms with E-state index in [0.717, 1.165) is 5.56 Å². The topological polar surface area (TPSA) is 38.9 Å². The molecule has 2 N–H and O–H groups in total. The Morgan fingerprint density at radius 3 is 2.93 bits per heavy atom. The number of aryl methyl sites for hydroxylation is 1. The Balaban J connectivity index is 2.36. The lowest BCUT2D eigenvalue weighted by Crippen LogP contribution is -2.12. The number of pyridine rings is 1. The molecule has 2 aromatic rings. The van der Waals surface area contributed by atoms with E-state index in [0.29, 0.717) is 5.56 Å². The monoisotopic (exact) mass is 222 g/mol. The van der Waals surface area contributed by atoms with Crippen LogP contribution in [0.5, 0.6) is 0 Å². The summed E-state index contributed by atoms with van der Waals surface area (Å²) in [5.74, 6) is -0.353. The average molecular weight is 222 g/mol. The van der Waals surface area contributed by atoms with Crippen LogP contribution in [-0.2, 0) is 0 Å². The lowest BCUT2D eigenvalue weighted by Gasteiger charge is -2.10. The highest BCUT2D eigenvalue weighted by Gasteiger charge is 2.14. The minimum absolute atomic E-state index is 0.353. The zero-order valence-corrected chi connectivity index (χ0v) is 9.09. The highest BCUT2D eigenvalue weighted by Crippen LogP contribution is 2.25. The van der Waals surface area contributed by atoms with Crippen molar-refractivity contribution in [2.75, 3.05) is 0 Å². The molecule has 78 valence electrons. The molecule has 0 spiro atoms. The number of halogens is 1. The SMILES string of the molecule is Cc1cc(C(N)c2ccncc2F)cs1. The first-order valence-electron chi connectivity index (χ1n) is 4.58. The first kappa shape index (κ1) is 10.3. The Bertz CT molecular complexity index is 467. The van der Waals surface area contributed by atoms with Gasteiger partial charge in [0.05, 0.1) is 12.2 Å². The molecule has 1 unspecified atom stereocenters. The molecule has 0 aromatic carbocycles. The molecule has 0 aliphatic heterocycles. The van der Waals surface area contributed by atoms with Crippen LogP contribution in [0.1, 0.15) is 22.0 Å². The zero-order valence-electron chi connectivity index (χ0n) is 8.27. The second-order valence-electron chi connectivity index (χ2n) is 3.37. The number of hydrogen-bond acceptors (Lipinski definition) is 3. The Morgan fingerprint density at radius 2 is 2.33 bits per heavy atom. The van der Waals surface area contributed by atoms with Crippen molar-refractivity contribution < 1.29 is 4.39 Å². The maximum absolute atomic E-state index is 13.4. The van der Waals surface area contributed by atoms with Crippen LogP contribution in [0.4, 0.5) is 4.39 Å². The molecule has 2 rings (SSSR count). The van der Waals surface area contributed by atoms with Crippen LogP contribution in [-0.4, -0.2) is 4.98 Å². The summed E-state index contributed by atoms with van der Waals surface area (Å²) in [5, 5.41) is 1.96. The maximum Gasteiger partial charge on any atom is 0.146 e. The van der Waals surface area contributed by atoms with E-state index in [1.807, 2.05) is 18.4 Å². The van der Waals surface area contributed by atoms with Crippen molar-refractivity contribution in [3.05, 3.63) is 51.7 Å². The lowest BCUT2D eigenvalue weighted by molar-refractivity contribution is 0.593. The van der Waals surface area contributed by atoms with Crippen molar-refractivity contribution in [3.63, 3.8) is 0 Å². The number of rotatable bonds is 2. The van der Waals surface area contributed by atoms with Gasteiger partial charge in [-0.25, -0.2) is 4.39 Å². The van der Waals surface area contributed by atoms with E-state index in [1.54, 1.807) is 23.6 Å². The number of nitrogens with zero attached hydrogens (tertiary/aromatic N) is 1. The lowest BCUT2D eigenvalue weighted by atomic mass is 10.0. The minimum atomic E-state index is -0.405. The third kappa shape index (κ3) is 2.06. The summed E-state index contributed by atoms with van der Waals surface area (Å²) in [7, 11) is 0. The van der Waals surface area contributed by atoms with E-state index < -0.39 is 6.04 Å². The van der Waals surface area contributed by atoms with Crippen LogP contribution < -0.4 is 5.73 Å². The predicted molar refractivity (Wildman–Crippen MR) is 59.3 cm³/mol. The van der Waals surface area contributed by atoms with E-state index in [-0.39, 0.29) is 5.82 Å². The van der Waals surface area contributed by atoms with Crippen LogP contribution in [0.15, 0.2) is 29.9 Å². The number of thiophene rings is 1. The highest BCUT2D eigenvalue weighted by atomic mass is 32.1. The number of nitrogens with two attached hydrogens (primary N) is 1. The zero-order chi connectivity index (χ0) is 10.8. The Hall–Kier alpha value is -1.26. The van der Waals surface area contributed by atoms with Crippen LogP contribution in [0, 0.1) is 12.7 Å². The van der Waals surface area contributed by atoms with Gasteiger partial charge in [0.25, 0.3) is 0 Å². The van der Waals surface area contributed by atoms with Gasteiger partial charge >= 0.3 is 0 Å². The fourth-order valence-corrected chi connectivity index (χ4v) is 2.19. The highest BCUT2D eigenvalue weighted by molar-refractivity contribution is 7.10.